The van der Waals surface area contributed by atoms with Crippen molar-refractivity contribution in [2.75, 3.05) is 13.2 Å². The van der Waals surface area contributed by atoms with Gasteiger partial charge in [0, 0.05) is 18.5 Å². The molecule has 1 unspecified atom stereocenters. The Bertz CT molecular complexity index is 1070. The fraction of sp³-hybridized carbons (Fsp3) is 0.464. The molecule has 3 N–H and O–H groups in total. The number of ether oxygens (including phenoxy) is 1. The number of hydrogen-bond donors (Lipinski definition) is 3. The second-order valence-corrected chi connectivity index (χ2v) is 10.1. The van der Waals surface area contributed by atoms with Gasteiger partial charge in [-0.25, -0.2) is 4.79 Å². The maximum atomic E-state index is 13.0. The molecule has 2 fully saturated rings. The summed E-state index contributed by atoms with van der Waals surface area (Å²) in [6.07, 6.45) is 4.41. The molecule has 2 saturated carbocycles. The molecular formula is C28H32N2O5. The van der Waals surface area contributed by atoms with Crippen LogP contribution in [0.3, 0.4) is 0 Å². The first kappa shape index (κ1) is 23.4. The first-order chi connectivity index (χ1) is 17.0. The standard InChI is InChI=1S/C28H32N2O5/c31-26(30-25-11-5-10-23(25)27(32)33)18(14-17-12-13-17)15-29-28(34)35-16-24-21-8-3-1-6-19(21)20-7-2-4-9-22(20)24/h1-4,6-9,17-18,23-25H,5,10-16H2,(H,29,34)(H,30,31)(H,32,33)/t18?,23-,25+/m1/s1. The Morgan fingerprint density at radius 1 is 0.943 bits per heavy atom. The van der Waals surface area contributed by atoms with Gasteiger partial charge in [-0.3, -0.25) is 9.59 Å². The van der Waals surface area contributed by atoms with Gasteiger partial charge in [-0.05, 0) is 47.4 Å². The molecule has 0 saturated heterocycles. The minimum Gasteiger partial charge on any atom is -0.481 e. The number of carbonyl (C=O) groups excluding carboxylic acids is 2. The van der Waals surface area contributed by atoms with Crippen LogP contribution in [0.15, 0.2) is 48.5 Å². The van der Waals surface area contributed by atoms with Crippen LogP contribution in [0.5, 0.6) is 0 Å². The highest BCUT2D eigenvalue weighted by Crippen LogP contribution is 2.44. The lowest BCUT2D eigenvalue weighted by atomic mass is 9.98. The Hall–Kier alpha value is -3.35. The third kappa shape index (κ3) is 5.19. The summed E-state index contributed by atoms with van der Waals surface area (Å²) in [5.74, 6) is -1.48. The molecule has 3 aliphatic carbocycles. The topological polar surface area (TPSA) is 105 Å². The van der Waals surface area contributed by atoms with Gasteiger partial charge in [0.25, 0.3) is 0 Å². The summed E-state index contributed by atoms with van der Waals surface area (Å²) in [7, 11) is 0. The Morgan fingerprint density at radius 3 is 2.23 bits per heavy atom. The van der Waals surface area contributed by atoms with Crippen molar-refractivity contribution < 1.29 is 24.2 Å². The predicted molar refractivity (Wildman–Crippen MR) is 131 cm³/mol. The average Bonchev–Trinajstić information content (AvgIpc) is 3.46. The van der Waals surface area contributed by atoms with Crippen molar-refractivity contribution in [1.29, 1.82) is 0 Å². The monoisotopic (exact) mass is 476 g/mol. The van der Waals surface area contributed by atoms with Crippen LogP contribution in [0, 0.1) is 17.8 Å². The Kier molecular flexibility index (Phi) is 6.75. The fourth-order valence-electron chi connectivity index (χ4n) is 5.62. The SMILES string of the molecule is O=C(NCC(CC1CC1)C(=O)N[C@H]1CCC[C@H]1C(=O)O)OCC1c2ccccc2-c2ccccc21. The number of alkyl carbamates (subject to hydrolysis) is 1. The first-order valence-electron chi connectivity index (χ1n) is 12.6. The molecule has 0 radical (unpaired) electrons. The number of fused-ring (bicyclic) bond motifs is 3. The predicted octanol–water partition coefficient (Wildman–Crippen LogP) is 4.31. The van der Waals surface area contributed by atoms with Crippen LogP contribution < -0.4 is 10.6 Å². The molecular weight excluding hydrogens is 444 g/mol. The number of amides is 2. The first-order valence-corrected chi connectivity index (χ1v) is 12.6. The molecule has 7 heteroatoms. The maximum Gasteiger partial charge on any atom is 0.407 e. The van der Waals surface area contributed by atoms with E-state index in [-0.39, 0.29) is 31.0 Å². The lowest BCUT2D eigenvalue weighted by molar-refractivity contribution is -0.142. The molecule has 0 heterocycles. The van der Waals surface area contributed by atoms with Crippen molar-refractivity contribution in [3.05, 3.63) is 59.7 Å². The molecule has 2 amide bonds. The van der Waals surface area contributed by atoms with Gasteiger partial charge in [-0.1, -0.05) is 67.8 Å². The Labute approximate surface area is 205 Å². The maximum absolute atomic E-state index is 13.0. The van der Waals surface area contributed by atoms with Gasteiger partial charge in [0.15, 0.2) is 0 Å². The second-order valence-electron chi connectivity index (χ2n) is 10.1. The fourth-order valence-corrected chi connectivity index (χ4v) is 5.62. The highest BCUT2D eigenvalue weighted by Gasteiger charge is 2.37. The van der Waals surface area contributed by atoms with E-state index in [2.05, 4.69) is 34.9 Å². The summed E-state index contributed by atoms with van der Waals surface area (Å²) in [6, 6.07) is 16.0. The quantitative estimate of drug-likeness (QED) is 0.500. The molecule has 7 nitrogen and oxygen atoms in total. The summed E-state index contributed by atoms with van der Waals surface area (Å²) >= 11 is 0. The van der Waals surface area contributed by atoms with Crippen LogP contribution in [0.2, 0.25) is 0 Å². The van der Waals surface area contributed by atoms with Crippen LogP contribution in [-0.4, -0.2) is 42.3 Å². The van der Waals surface area contributed by atoms with E-state index in [9.17, 15) is 19.5 Å². The third-order valence-corrected chi connectivity index (χ3v) is 7.68. The van der Waals surface area contributed by atoms with Crippen molar-refractivity contribution >= 4 is 18.0 Å². The lowest BCUT2D eigenvalue weighted by Crippen LogP contribution is -2.46. The van der Waals surface area contributed by atoms with Crippen molar-refractivity contribution in [1.82, 2.24) is 10.6 Å². The number of hydrogen-bond acceptors (Lipinski definition) is 4. The number of carboxylic acids is 1. The molecule has 184 valence electrons. The Balaban J connectivity index is 1.17. The molecule has 0 bridgehead atoms. The summed E-state index contributed by atoms with van der Waals surface area (Å²) in [4.78, 5) is 37.1. The van der Waals surface area contributed by atoms with Crippen molar-refractivity contribution in [3.63, 3.8) is 0 Å². The second kappa shape index (κ2) is 10.1. The summed E-state index contributed by atoms with van der Waals surface area (Å²) in [6.45, 7) is 0.408. The van der Waals surface area contributed by atoms with Crippen molar-refractivity contribution in [2.24, 2.45) is 17.8 Å². The van der Waals surface area contributed by atoms with Crippen LogP contribution in [0.25, 0.3) is 11.1 Å². The smallest absolute Gasteiger partial charge is 0.407 e. The van der Waals surface area contributed by atoms with Gasteiger partial charge in [0.05, 0.1) is 11.8 Å². The zero-order valence-corrected chi connectivity index (χ0v) is 19.7. The molecule has 0 spiro atoms. The minimum absolute atomic E-state index is 0.0194. The summed E-state index contributed by atoms with van der Waals surface area (Å²) in [5.41, 5.74) is 4.64. The van der Waals surface area contributed by atoms with Gasteiger partial charge in [-0.15, -0.1) is 0 Å². The number of benzene rings is 2. The zero-order chi connectivity index (χ0) is 24.4. The molecule has 3 atom stereocenters. The van der Waals surface area contributed by atoms with Crippen molar-refractivity contribution in [3.8, 4) is 11.1 Å². The number of rotatable bonds is 9. The number of nitrogens with one attached hydrogen (secondary N) is 2. The molecule has 0 aliphatic heterocycles. The van der Waals surface area contributed by atoms with E-state index in [1.807, 2.05) is 24.3 Å². The molecule has 5 rings (SSSR count). The molecule has 2 aromatic carbocycles. The summed E-state index contributed by atoms with van der Waals surface area (Å²) in [5, 5.41) is 15.2. The minimum atomic E-state index is -0.858. The van der Waals surface area contributed by atoms with Crippen LogP contribution >= 0.6 is 0 Å². The lowest BCUT2D eigenvalue weighted by Gasteiger charge is -2.23. The van der Waals surface area contributed by atoms with E-state index in [0.717, 1.165) is 30.4 Å². The zero-order valence-electron chi connectivity index (χ0n) is 19.7. The van der Waals surface area contributed by atoms with Gasteiger partial charge >= 0.3 is 12.1 Å². The van der Waals surface area contributed by atoms with E-state index >= 15 is 0 Å². The van der Waals surface area contributed by atoms with Gasteiger partial charge in [-0.2, -0.15) is 0 Å². The average molecular weight is 477 g/mol. The highest BCUT2D eigenvalue weighted by molar-refractivity contribution is 5.82. The summed E-state index contributed by atoms with van der Waals surface area (Å²) < 4.78 is 5.61. The normalized spacial score (nSPS) is 21.6. The number of carbonyl (C=O) groups is 3. The van der Waals surface area contributed by atoms with Gasteiger partial charge in [0.2, 0.25) is 5.91 Å². The third-order valence-electron chi connectivity index (χ3n) is 7.68. The van der Waals surface area contributed by atoms with Crippen LogP contribution in [-0.2, 0) is 14.3 Å². The van der Waals surface area contributed by atoms with Gasteiger partial charge < -0.3 is 20.5 Å². The number of aliphatic carboxylic acids is 1. The molecule has 3 aliphatic rings. The van der Waals surface area contributed by atoms with E-state index in [4.69, 9.17) is 4.74 Å². The molecule has 35 heavy (non-hydrogen) atoms. The van der Waals surface area contributed by atoms with E-state index in [1.54, 1.807) is 0 Å². The van der Waals surface area contributed by atoms with Crippen LogP contribution in [0.4, 0.5) is 4.79 Å². The van der Waals surface area contributed by atoms with Crippen LogP contribution in [0.1, 0.15) is 55.6 Å². The number of carboxylic acid groups (broad SMARTS) is 1. The van der Waals surface area contributed by atoms with Gasteiger partial charge in [0.1, 0.15) is 6.61 Å². The molecule has 0 aromatic heterocycles. The largest absolute Gasteiger partial charge is 0.481 e. The molecule has 2 aromatic rings. The van der Waals surface area contributed by atoms with E-state index in [1.165, 1.54) is 11.1 Å². The highest BCUT2D eigenvalue weighted by atomic mass is 16.5. The Morgan fingerprint density at radius 2 is 1.60 bits per heavy atom. The van der Waals surface area contributed by atoms with E-state index in [0.29, 0.717) is 25.2 Å². The van der Waals surface area contributed by atoms with Crippen molar-refractivity contribution in [2.45, 2.75) is 50.5 Å². The van der Waals surface area contributed by atoms with E-state index < -0.39 is 23.9 Å².